The van der Waals surface area contributed by atoms with E-state index in [-0.39, 0.29) is 5.91 Å². The molecule has 1 aromatic carbocycles. The number of nitrogen functional groups attached to an aromatic ring is 1. The van der Waals surface area contributed by atoms with Crippen LogP contribution >= 0.6 is 11.5 Å². The Kier molecular flexibility index (Phi) is 3.36. The highest BCUT2D eigenvalue weighted by Crippen LogP contribution is 2.14. The average molecular weight is 300 g/mol. The quantitative estimate of drug-likeness (QED) is 0.719. The Morgan fingerprint density at radius 3 is 2.95 bits per heavy atom. The lowest BCUT2D eigenvalue weighted by atomic mass is 10.3. The Balaban J connectivity index is 1.80. The summed E-state index contributed by atoms with van der Waals surface area (Å²) in [5.41, 5.74) is 7.46. The van der Waals surface area contributed by atoms with E-state index in [0.717, 1.165) is 17.2 Å². The van der Waals surface area contributed by atoms with E-state index in [9.17, 15) is 4.79 Å². The number of carbonyl (C=O) groups is 1. The van der Waals surface area contributed by atoms with Crippen molar-refractivity contribution in [2.75, 3.05) is 11.1 Å². The Labute approximate surface area is 124 Å². The highest BCUT2D eigenvalue weighted by atomic mass is 32.1. The SMILES string of the molecule is Cc1nsc(NC(=O)c2ccn(-c3cccc(N)c3)n2)n1. The summed E-state index contributed by atoms with van der Waals surface area (Å²) in [6.07, 6.45) is 1.70. The predicted octanol–water partition coefficient (Wildman–Crippen LogP) is 1.87. The molecule has 0 saturated carbocycles. The van der Waals surface area contributed by atoms with Crippen molar-refractivity contribution in [1.82, 2.24) is 19.1 Å². The molecule has 106 valence electrons. The highest BCUT2D eigenvalue weighted by molar-refractivity contribution is 7.09. The van der Waals surface area contributed by atoms with Gasteiger partial charge in [-0.15, -0.1) is 0 Å². The lowest BCUT2D eigenvalue weighted by molar-refractivity contribution is 0.102. The maximum Gasteiger partial charge on any atom is 0.277 e. The summed E-state index contributed by atoms with van der Waals surface area (Å²) in [5.74, 6) is 0.300. The molecule has 0 saturated heterocycles. The van der Waals surface area contributed by atoms with Crippen LogP contribution in [0.15, 0.2) is 36.5 Å². The van der Waals surface area contributed by atoms with Crippen molar-refractivity contribution in [3.8, 4) is 5.69 Å². The summed E-state index contributed by atoms with van der Waals surface area (Å²) in [5, 5.41) is 7.35. The molecule has 0 fully saturated rings. The Morgan fingerprint density at radius 2 is 2.24 bits per heavy atom. The number of rotatable bonds is 3. The van der Waals surface area contributed by atoms with Gasteiger partial charge >= 0.3 is 0 Å². The third-order valence-electron chi connectivity index (χ3n) is 2.70. The summed E-state index contributed by atoms with van der Waals surface area (Å²) >= 11 is 1.13. The van der Waals surface area contributed by atoms with Crippen LogP contribution < -0.4 is 11.1 Å². The maximum absolute atomic E-state index is 12.1. The number of nitrogens with one attached hydrogen (secondary N) is 1. The molecule has 0 unspecified atom stereocenters. The topological polar surface area (TPSA) is 98.7 Å². The van der Waals surface area contributed by atoms with Crippen LogP contribution in [0.25, 0.3) is 5.69 Å². The van der Waals surface area contributed by atoms with Crippen molar-refractivity contribution in [3.63, 3.8) is 0 Å². The second kappa shape index (κ2) is 5.33. The van der Waals surface area contributed by atoms with Crippen molar-refractivity contribution in [1.29, 1.82) is 0 Å². The van der Waals surface area contributed by atoms with Gasteiger partial charge in [-0.05, 0) is 31.2 Å². The van der Waals surface area contributed by atoms with Crippen LogP contribution in [0, 0.1) is 6.92 Å². The van der Waals surface area contributed by atoms with Gasteiger partial charge in [0.25, 0.3) is 5.91 Å². The number of hydrogen-bond donors (Lipinski definition) is 2. The van der Waals surface area contributed by atoms with Crippen LogP contribution in [0.1, 0.15) is 16.3 Å². The second-order valence-electron chi connectivity index (χ2n) is 4.34. The molecule has 2 heterocycles. The molecule has 3 N–H and O–H groups in total. The number of nitrogens with zero attached hydrogens (tertiary/aromatic N) is 4. The largest absolute Gasteiger partial charge is 0.399 e. The number of amides is 1. The second-order valence-corrected chi connectivity index (χ2v) is 5.09. The van der Waals surface area contributed by atoms with E-state index < -0.39 is 0 Å². The molecule has 3 rings (SSSR count). The van der Waals surface area contributed by atoms with Crippen LogP contribution in [0.5, 0.6) is 0 Å². The molecule has 21 heavy (non-hydrogen) atoms. The number of benzene rings is 1. The molecule has 7 nitrogen and oxygen atoms in total. The summed E-state index contributed by atoms with van der Waals surface area (Å²) < 4.78 is 5.60. The Bertz CT molecular complexity index is 793. The standard InChI is InChI=1S/C13H12N6OS/c1-8-15-13(21-18-8)16-12(20)11-5-6-19(17-11)10-4-2-3-9(14)7-10/h2-7H,14H2,1H3,(H,15,16,18,20). The first-order chi connectivity index (χ1) is 10.1. The van der Waals surface area contributed by atoms with Gasteiger partial charge in [0.1, 0.15) is 5.82 Å². The lowest BCUT2D eigenvalue weighted by Crippen LogP contribution is -2.13. The van der Waals surface area contributed by atoms with E-state index in [4.69, 9.17) is 5.73 Å². The van der Waals surface area contributed by atoms with E-state index in [1.807, 2.05) is 12.1 Å². The minimum Gasteiger partial charge on any atom is -0.399 e. The normalized spacial score (nSPS) is 10.5. The third-order valence-corrected chi connectivity index (χ3v) is 3.43. The fourth-order valence-corrected chi connectivity index (χ4v) is 2.34. The lowest BCUT2D eigenvalue weighted by Gasteiger charge is -2.02. The molecule has 0 spiro atoms. The van der Waals surface area contributed by atoms with Crippen LogP contribution in [-0.4, -0.2) is 25.0 Å². The summed E-state index contributed by atoms with van der Waals surface area (Å²) in [4.78, 5) is 16.1. The van der Waals surface area contributed by atoms with Gasteiger partial charge in [0, 0.05) is 23.4 Å². The van der Waals surface area contributed by atoms with Gasteiger partial charge in [0.05, 0.1) is 5.69 Å². The van der Waals surface area contributed by atoms with Crippen LogP contribution in [0.2, 0.25) is 0 Å². The number of aryl methyl sites for hydroxylation is 1. The average Bonchev–Trinajstić information content (AvgIpc) is 3.08. The molecule has 0 aliphatic rings. The number of hydrogen-bond acceptors (Lipinski definition) is 6. The van der Waals surface area contributed by atoms with Crippen molar-refractivity contribution in [2.45, 2.75) is 6.92 Å². The molecule has 0 radical (unpaired) electrons. The van der Waals surface area contributed by atoms with E-state index >= 15 is 0 Å². The zero-order valence-electron chi connectivity index (χ0n) is 11.1. The minimum atomic E-state index is -0.325. The predicted molar refractivity (Wildman–Crippen MR) is 80.6 cm³/mol. The molecular formula is C13H12N6OS. The van der Waals surface area contributed by atoms with Crippen LogP contribution in [0.3, 0.4) is 0 Å². The van der Waals surface area contributed by atoms with Gasteiger partial charge in [0.2, 0.25) is 5.13 Å². The monoisotopic (exact) mass is 300 g/mol. The Hall–Kier alpha value is -2.74. The van der Waals surface area contributed by atoms with Crippen LogP contribution in [-0.2, 0) is 0 Å². The fraction of sp³-hybridized carbons (Fsp3) is 0.0769. The number of aromatic nitrogens is 4. The van der Waals surface area contributed by atoms with E-state index in [1.165, 1.54) is 0 Å². The smallest absolute Gasteiger partial charge is 0.277 e. The third kappa shape index (κ3) is 2.90. The molecular weight excluding hydrogens is 288 g/mol. The van der Waals surface area contributed by atoms with Crippen molar-refractivity contribution in [3.05, 3.63) is 48.0 Å². The number of nitrogens with two attached hydrogens (primary N) is 1. The number of anilines is 2. The molecule has 0 atom stereocenters. The molecule has 0 aliphatic carbocycles. The number of carbonyl (C=O) groups excluding carboxylic acids is 1. The first kappa shape index (κ1) is 13.3. The maximum atomic E-state index is 12.1. The first-order valence-electron chi connectivity index (χ1n) is 6.15. The zero-order valence-corrected chi connectivity index (χ0v) is 12.0. The zero-order chi connectivity index (χ0) is 14.8. The van der Waals surface area contributed by atoms with Gasteiger partial charge in [-0.25, -0.2) is 9.67 Å². The van der Waals surface area contributed by atoms with Gasteiger partial charge in [-0.2, -0.15) is 9.47 Å². The van der Waals surface area contributed by atoms with Gasteiger partial charge < -0.3 is 5.73 Å². The fourth-order valence-electron chi connectivity index (χ4n) is 1.77. The van der Waals surface area contributed by atoms with Crippen molar-refractivity contribution < 1.29 is 4.79 Å². The van der Waals surface area contributed by atoms with E-state index in [2.05, 4.69) is 19.8 Å². The Morgan fingerprint density at radius 1 is 1.38 bits per heavy atom. The molecule has 8 heteroatoms. The van der Waals surface area contributed by atoms with Gasteiger partial charge in [-0.3, -0.25) is 10.1 Å². The molecule has 0 aliphatic heterocycles. The minimum absolute atomic E-state index is 0.297. The van der Waals surface area contributed by atoms with Crippen molar-refractivity contribution in [2.24, 2.45) is 0 Å². The molecule has 3 aromatic rings. The summed E-state index contributed by atoms with van der Waals surface area (Å²) in [7, 11) is 0. The van der Waals surface area contributed by atoms with Crippen LogP contribution in [0.4, 0.5) is 10.8 Å². The van der Waals surface area contributed by atoms with E-state index in [0.29, 0.717) is 22.3 Å². The van der Waals surface area contributed by atoms with Gasteiger partial charge in [-0.1, -0.05) is 6.07 Å². The molecule has 1 amide bonds. The first-order valence-corrected chi connectivity index (χ1v) is 6.92. The summed E-state index contributed by atoms with van der Waals surface area (Å²) in [6.45, 7) is 1.76. The van der Waals surface area contributed by atoms with E-state index in [1.54, 1.807) is 36.0 Å². The summed E-state index contributed by atoms with van der Waals surface area (Å²) in [6, 6.07) is 8.89. The highest BCUT2D eigenvalue weighted by Gasteiger charge is 2.12. The molecule has 0 bridgehead atoms. The molecule has 2 aromatic heterocycles. The van der Waals surface area contributed by atoms with Crippen molar-refractivity contribution >= 4 is 28.3 Å². The van der Waals surface area contributed by atoms with Gasteiger partial charge in [0.15, 0.2) is 5.69 Å².